The summed E-state index contributed by atoms with van der Waals surface area (Å²) in [5.74, 6) is 1.06. The van der Waals surface area contributed by atoms with Crippen LogP contribution in [0, 0.1) is 0 Å². The molecule has 2 rings (SSSR count). The van der Waals surface area contributed by atoms with Crippen LogP contribution in [0.1, 0.15) is 16.8 Å². The van der Waals surface area contributed by atoms with Crippen molar-refractivity contribution in [3.63, 3.8) is 0 Å². The van der Waals surface area contributed by atoms with E-state index < -0.39 is 0 Å². The van der Waals surface area contributed by atoms with Gasteiger partial charge < -0.3 is 5.32 Å². The van der Waals surface area contributed by atoms with Gasteiger partial charge in [-0.1, -0.05) is 12.1 Å². The van der Waals surface area contributed by atoms with Crippen molar-refractivity contribution < 1.29 is 4.79 Å². The third kappa shape index (κ3) is 3.87. The van der Waals surface area contributed by atoms with Crippen molar-refractivity contribution in [3.05, 3.63) is 42.2 Å². The molecule has 0 saturated heterocycles. The van der Waals surface area contributed by atoms with Crippen LogP contribution < -0.4 is 5.32 Å². The molecule has 0 radical (unpaired) electrons. The Balaban J connectivity index is 1.95. The number of nitrogens with one attached hydrogen (secondary N) is 1. The first-order valence-corrected chi connectivity index (χ1v) is 7.96. The second-order valence-corrected chi connectivity index (χ2v) is 5.57. The minimum atomic E-state index is -0.0103. The van der Waals surface area contributed by atoms with Gasteiger partial charge in [-0.15, -0.1) is 0 Å². The van der Waals surface area contributed by atoms with E-state index in [1.54, 1.807) is 16.4 Å². The van der Waals surface area contributed by atoms with Crippen molar-refractivity contribution >= 4 is 17.7 Å². The van der Waals surface area contributed by atoms with Gasteiger partial charge in [-0.2, -0.15) is 16.9 Å². The number of benzene rings is 1. The first kappa shape index (κ1) is 14.7. The van der Waals surface area contributed by atoms with Gasteiger partial charge >= 0.3 is 0 Å². The molecular weight excluding hydrogens is 270 g/mol. The molecule has 1 heterocycles. The summed E-state index contributed by atoms with van der Waals surface area (Å²) in [5, 5.41) is 7.07. The summed E-state index contributed by atoms with van der Waals surface area (Å²) in [6, 6.07) is 7.61. The average molecular weight is 289 g/mol. The Bertz CT molecular complexity index is 563. The van der Waals surface area contributed by atoms with Gasteiger partial charge in [0, 0.05) is 30.9 Å². The molecule has 1 N–H and O–H groups in total. The normalized spacial score (nSPS) is 10.5. The van der Waals surface area contributed by atoms with Gasteiger partial charge in [0.1, 0.15) is 0 Å². The molecule has 4 nitrogen and oxygen atoms in total. The number of thioether (sulfide) groups is 1. The minimum Gasteiger partial charge on any atom is -0.352 e. The van der Waals surface area contributed by atoms with E-state index >= 15 is 0 Å². The van der Waals surface area contributed by atoms with Crippen LogP contribution in [0.3, 0.4) is 0 Å². The fourth-order valence-corrected chi connectivity index (χ4v) is 2.34. The summed E-state index contributed by atoms with van der Waals surface area (Å²) in [6.45, 7) is 0.726. The van der Waals surface area contributed by atoms with Crippen LogP contribution in [0.5, 0.6) is 0 Å². The molecule has 0 aliphatic rings. The number of carbonyl (C=O) groups excluding carboxylic acids is 1. The Kier molecular flexibility index (Phi) is 5.24. The van der Waals surface area contributed by atoms with E-state index in [4.69, 9.17) is 0 Å². The highest BCUT2D eigenvalue weighted by Crippen LogP contribution is 2.18. The lowest BCUT2D eigenvalue weighted by Gasteiger charge is -2.05. The molecule has 0 bridgehead atoms. The van der Waals surface area contributed by atoms with E-state index in [9.17, 15) is 4.79 Å². The first-order valence-electron chi connectivity index (χ1n) is 6.57. The molecule has 0 unspecified atom stereocenters. The van der Waals surface area contributed by atoms with Crippen LogP contribution in [0.2, 0.25) is 0 Å². The maximum Gasteiger partial charge on any atom is 0.251 e. The van der Waals surface area contributed by atoms with Gasteiger partial charge in [-0.25, -0.2) is 0 Å². The van der Waals surface area contributed by atoms with Crippen molar-refractivity contribution in [2.45, 2.75) is 6.42 Å². The lowest BCUT2D eigenvalue weighted by atomic mass is 10.1. The number of hydrogen-bond donors (Lipinski definition) is 1. The van der Waals surface area contributed by atoms with E-state index in [2.05, 4.69) is 16.7 Å². The number of nitrogens with zero attached hydrogens (tertiary/aromatic N) is 2. The Morgan fingerprint density at radius 1 is 1.30 bits per heavy atom. The van der Waals surface area contributed by atoms with Crippen molar-refractivity contribution in [1.82, 2.24) is 15.1 Å². The molecule has 0 spiro atoms. The Morgan fingerprint density at radius 2 is 2.05 bits per heavy atom. The van der Waals surface area contributed by atoms with Crippen molar-refractivity contribution in [2.75, 3.05) is 18.6 Å². The van der Waals surface area contributed by atoms with Gasteiger partial charge in [0.25, 0.3) is 5.91 Å². The second kappa shape index (κ2) is 7.14. The van der Waals surface area contributed by atoms with Crippen molar-refractivity contribution in [2.24, 2.45) is 7.05 Å². The molecule has 0 fully saturated rings. The monoisotopic (exact) mass is 289 g/mol. The summed E-state index contributed by atoms with van der Waals surface area (Å²) in [6.07, 6.45) is 6.84. The maximum absolute atomic E-state index is 11.9. The molecule has 0 aliphatic carbocycles. The predicted molar refractivity (Wildman–Crippen MR) is 84.0 cm³/mol. The zero-order chi connectivity index (χ0) is 14.4. The first-order chi connectivity index (χ1) is 9.70. The zero-order valence-electron chi connectivity index (χ0n) is 11.8. The maximum atomic E-state index is 11.9. The molecule has 0 atom stereocenters. The molecule has 106 valence electrons. The van der Waals surface area contributed by atoms with Crippen molar-refractivity contribution in [1.29, 1.82) is 0 Å². The van der Waals surface area contributed by atoms with Crippen LogP contribution in [0.4, 0.5) is 0 Å². The number of carbonyl (C=O) groups is 1. The minimum absolute atomic E-state index is 0.0103. The van der Waals surface area contributed by atoms with E-state index in [1.807, 2.05) is 43.7 Å². The Labute approximate surface area is 123 Å². The van der Waals surface area contributed by atoms with E-state index in [1.165, 1.54) is 0 Å². The zero-order valence-corrected chi connectivity index (χ0v) is 12.6. The highest BCUT2D eigenvalue weighted by Gasteiger charge is 2.06. The highest BCUT2D eigenvalue weighted by molar-refractivity contribution is 7.98. The lowest BCUT2D eigenvalue weighted by molar-refractivity contribution is 0.0954. The molecule has 20 heavy (non-hydrogen) atoms. The van der Waals surface area contributed by atoms with E-state index in [0.29, 0.717) is 5.56 Å². The van der Waals surface area contributed by atoms with Gasteiger partial charge in [0.05, 0.1) is 6.20 Å². The number of hydrogen-bond acceptors (Lipinski definition) is 3. The van der Waals surface area contributed by atoms with Gasteiger partial charge in [-0.3, -0.25) is 9.48 Å². The van der Waals surface area contributed by atoms with E-state index in [0.717, 1.165) is 29.8 Å². The molecule has 5 heteroatoms. The molecule has 0 aliphatic heterocycles. The van der Waals surface area contributed by atoms with Crippen LogP contribution in [0.15, 0.2) is 36.7 Å². The lowest BCUT2D eigenvalue weighted by Crippen LogP contribution is -2.24. The number of aryl methyl sites for hydroxylation is 1. The summed E-state index contributed by atoms with van der Waals surface area (Å²) in [4.78, 5) is 11.9. The fraction of sp³-hybridized carbons (Fsp3) is 0.333. The smallest absolute Gasteiger partial charge is 0.251 e. The summed E-state index contributed by atoms with van der Waals surface area (Å²) in [7, 11) is 1.89. The Hall–Kier alpha value is -1.75. The van der Waals surface area contributed by atoms with E-state index in [-0.39, 0.29) is 5.91 Å². The fourth-order valence-electron chi connectivity index (χ4n) is 1.90. The topological polar surface area (TPSA) is 46.9 Å². The van der Waals surface area contributed by atoms with Crippen LogP contribution >= 0.6 is 11.8 Å². The van der Waals surface area contributed by atoms with Gasteiger partial charge in [-0.05, 0) is 36.1 Å². The van der Waals surface area contributed by atoms with Gasteiger partial charge in [0.15, 0.2) is 0 Å². The SMILES string of the molecule is CSCCCNC(=O)c1ccc(-c2cnn(C)c2)cc1. The average Bonchev–Trinajstić information content (AvgIpc) is 2.90. The third-order valence-electron chi connectivity index (χ3n) is 3.00. The van der Waals surface area contributed by atoms with Crippen molar-refractivity contribution in [3.8, 4) is 11.1 Å². The molecule has 2 aromatic rings. The molecule has 1 aromatic heterocycles. The largest absolute Gasteiger partial charge is 0.352 e. The molecular formula is C15H19N3OS. The van der Waals surface area contributed by atoms with Crippen LogP contribution in [-0.2, 0) is 7.05 Å². The standard InChI is InChI=1S/C15H19N3OS/c1-18-11-14(10-17-18)12-4-6-13(7-5-12)15(19)16-8-3-9-20-2/h4-7,10-11H,3,8-9H2,1-2H3,(H,16,19). The third-order valence-corrected chi connectivity index (χ3v) is 3.69. The quantitative estimate of drug-likeness (QED) is 0.831. The summed E-state index contributed by atoms with van der Waals surface area (Å²) < 4.78 is 1.77. The molecule has 1 aromatic carbocycles. The second-order valence-electron chi connectivity index (χ2n) is 4.58. The molecule has 1 amide bonds. The Morgan fingerprint density at radius 3 is 2.65 bits per heavy atom. The van der Waals surface area contributed by atoms with Gasteiger partial charge in [0.2, 0.25) is 0 Å². The summed E-state index contributed by atoms with van der Waals surface area (Å²) in [5.41, 5.74) is 2.82. The number of rotatable bonds is 6. The number of amides is 1. The predicted octanol–water partition coefficient (Wildman–Crippen LogP) is 2.57. The van der Waals surface area contributed by atoms with Crippen LogP contribution in [0.25, 0.3) is 11.1 Å². The summed E-state index contributed by atoms with van der Waals surface area (Å²) >= 11 is 1.79. The van der Waals surface area contributed by atoms with Crippen LogP contribution in [-0.4, -0.2) is 34.2 Å². The molecule has 0 saturated carbocycles. The number of aromatic nitrogens is 2. The highest BCUT2D eigenvalue weighted by atomic mass is 32.2.